The van der Waals surface area contributed by atoms with Crippen LogP contribution < -0.4 is 4.31 Å². The normalized spacial score (nSPS) is 20.9. The molecule has 2 aromatic carbocycles. The minimum absolute atomic E-state index is 0.329. The van der Waals surface area contributed by atoms with E-state index in [2.05, 4.69) is 0 Å². The standard InChI is InChI=1S/C19H21NO2S/c1-4-13-19(3)14-16-7-5-6-8-18(16)20(19)23(21,22)17-11-9-15(2)10-12-17/h4-13H,14H2,1-3H3/b13-4+. The van der Waals surface area contributed by atoms with Crippen LogP contribution in [0.1, 0.15) is 25.0 Å². The number of allylic oxidation sites excluding steroid dienone is 1. The molecule has 1 unspecified atom stereocenters. The van der Waals surface area contributed by atoms with Crippen LogP contribution in [0.4, 0.5) is 5.69 Å². The van der Waals surface area contributed by atoms with E-state index in [9.17, 15) is 8.42 Å². The summed E-state index contributed by atoms with van der Waals surface area (Å²) in [5.74, 6) is 0. The number of anilines is 1. The molecule has 0 saturated carbocycles. The van der Waals surface area contributed by atoms with E-state index in [0.717, 1.165) is 16.8 Å². The molecule has 0 fully saturated rings. The van der Waals surface area contributed by atoms with Crippen LogP contribution in [0, 0.1) is 6.92 Å². The van der Waals surface area contributed by atoms with E-state index in [-0.39, 0.29) is 0 Å². The number of fused-ring (bicyclic) bond motifs is 1. The summed E-state index contributed by atoms with van der Waals surface area (Å²) in [6.45, 7) is 5.84. The van der Waals surface area contributed by atoms with Crippen molar-refractivity contribution in [1.29, 1.82) is 0 Å². The van der Waals surface area contributed by atoms with Gasteiger partial charge in [-0.05, 0) is 44.5 Å². The number of rotatable bonds is 3. The third-order valence-electron chi connectivity index (χ3n) is 4.31. The van der Waals surface area contributed by atoms with Gasteiger partial charge in [0.25, 0.3) is 10.0 Å². The molecule has 0 N–H and O–H groups in total. The lowest BCUT2D eigenvalue weighted by molar-refractivity contribution is 0.555. The third kappa shape index (κ3) is 2.57. The quantitative estimate of drug-likeness (QED) is 0.797. The zero-order chi connectivity index (χ0) is 16.7. The Morgan fingerprint density at radius 3 is 2.39 bits per heavy atom. The monoisotopic (exact) mass is 327 g/mol. The van der Waals surface area contributed by atoms with Gasteiger partial charge in [-0.1, -0.05) is 48.0 Å². The fraction of sp³-hybridized carbons (Fsp3) is 0.263. The first-order chi connectivity index (χ1) is 10.9. The molecule has 0 saturated heterocycles. The van der Waals surface area contributed by atoms with E-state index in [1.165, 1.54) is 0 Å². The van der Waals surface area contributed by atoms with Crippen LogP contribution in [0.2, 0.25) is 0 Å². The molecule has 1 aliphatic heterocycles. The Balaban J connectivity index is 2.19. The number of nitrogens with zero attached hydrogens (tertiary/aromatic N) is 1. The summed E-state index contributed by atoms with van der Waals surface area (Å²) >= 11 is 0. The summed E-state index contributed by atoms with van der Waals surface area (Å²) in [6.07, 6.45) is 4.57. The largest absolute Gasteiger partial charge is 0.265 e. The first-order valence-electron chi connectivity index (χ1n) is 7.72. The van der Waals surface area contributed by atoms with Crippen molar-refractivity contribution in [2.24, 2.45) is 0 Å². The molecular weight excluding hydrogens is 306 g/mol. The van der Waals surface area contributed by atoms with Gasteiger partial charge < -0.3 is 0 Å². The lowest BCUT2D eigenvalue weighted by atomic mass is 9.97. The molecular formula is C19H21NO2S. The molecule has 1 heterocycles. The minimum Gasteiger partial charge on any atom is -0.256 e. The lowest BCUT2D eigenvalue weighted by Gasteiger charge is -2.34. The second-order valence-electron chi connectivity index (χ2n) is 6.25. The number of hydrogen-bond donors (Lipinski definition) is 0. The fourth-order valence-corrected chi connectivity index (χ4v) is 5.10. The van der Waals surface area contributed by atoms with Crippen molar-refractivity contribution in [3.8, 4) is 0 Å². The van der Waals surface area contributed by atoms with Crippen molar-refractivity contribution in [3.63, 3.8) is 0 Å². The van der Waals surface area contributed by atoms with Gasteiger partial charge in [0.2, 0.25) is 0 Å². The van der Waals surface area contributed by atoms with Gasteiger partial charge >= 0.3 is 0 Å². The maximum atomic E-state index is 13.3. The highest BCUT2D eigenvalue weighted by Crippen LogP contribution is 2.43. The highest BCUT2D eigenvalue weighted by molar-refractivity contribution is 7.93. The average molecular weight is 327 g/mol. The number of hydrogen-bond acceptors (Lipinski definition) is 2. The summed E-state index contributed by atoms with van der Waals surface area (Å²) in [5.41, 5.74) is 2.29. The van der Waals surface area contributed by atoms with Gasteiger partial charge in [0.15, 0.2) is 0 Å². The van der Waals surface area contributed by atoms with Gasteiger partial charge in [-0.2, -0.15) is 0 Å². The molecule has 0 aromatic heterocycles. The highest BCUT2D eigenvalue weighted by Gasteiger charge is 2.45. The van der Waals surface area contributed by atoms with Gasteiger partial charge in [-0.3, -0.25) is 4.31 Å². The maximum absolute atomic E-state index is 13.3. The van der Waals surface area contributed by atoms with E-state index < -0.39 is 15.6 Å². The molecule has 1 aliphatic rings. The second kappa shape index (κ2) is 5.53. The third-order valence-corrected chi connectivity index (χ3v) is 6.27. The van der Waals surface area contributed by atoms with Crippen molar-refractivity contribution < 1.29 is 8.42 Å². The van der Waals surface area contributed by atoms with Gasteiger partial charge in [0, 0.05) is 6.42 Å². The predicted octanol–water partition coefficient (Wildman–Crippen LogP) is 4.08. The molecule has 0 spiro atoms. The first-order valence-corrected chi connectivity index (χ1v) is 9.16. The Morgan fingerprint density at radius 1 is 1.09 bits per heavy atom. The van der Waals surface area contributed by atoms with E-state index in [0.29, 0.717) is 11.3 Å². The topological polar surface area (TPSA) is 37.4 Å². The second-order valence-corrected chi connectivity index (χ2v) is 8.03. The van der Waals surface area contributed by atoms with E-state index in [4.69, 9.17) is 0 Å². The number of benzene rings is 2. The van der Waals surface area contributed by atoms with Crippen LogP contribution in [0.15, 0.2) is 65.6 Å². The summed E-state index contributed by atoms with van der Waals surface area (Å²) in [4.78, 5) is 0.329. The van der Waals surface area contributed by atoms with Crippen molar-refractivity contribution in [2.45, 2.75) is 37.6 Å². The van der Waals surface area contributed by atoms with E-state index in [1.54, 1.807) is 16.4 Å². The van der Waals surface area contributed by atoms with Crippen LogP contribution in [0.5, 0.6) is 0 Å². The molecule has 3 nitrogen and oxygen atoms in total. The van der Waals surface area contributed by atoms with Gasteiger partial charge in [-0.25, -0.2) is 8.42 Å². The fourth-order valence-electron chi connectivity index (χ4n) is 3.30. The summed E-state index contributed by atoms with van der Waals surface area (Å²) in [6, 6.07) is 14.8. The highest BCUT2D eigenvalue weighted by atomic mass is 32.2. The Kier molecular flexibility index (Phi) is 3.80. The molecule has 3 rings (SSSR count). The van der Waals surface area contributed by atoms with Crippen LogP contribution >= 0.6 is 0 Å². The summed E-state index contributed by atoms with van der Waals surface area (Å²) in [5, 5.41) is 0. The van der Waals surface area contributed by atoms with E-state index >= 15 is 0 Å². The summed E-state index contributed by atoms with van der Waals surface area (Å²) in [7, 11) is -3.62. The van der Waals surface area contributed by atoms with Crippen molar-refractivity contribution in [3.05, 3.63) is 71.8 Å². The zero-order valence-corrected chi connectivity index (χ0v) is 14.5. The molecule has 0 bridgehead atoms. The molecule has 4 heteroatoms. The Hall–Kier alpha value is -2.07. The van der Waals surface area contributed by atoms with Crippen molar-refractivity contribution in [1.82, 2.24) is 0 Å². The van der Waals surface area contributed by atoms with Gasteiger partial charge in [0.05, 0.1) is 16.1 Å². The zero-order valence-electron chi connectivity index (χ0n) is 13.7. The maximum Gasteiger partial charge on any atom is 0.265 e. The number of aryl methyl sites for hydroxylation is 1. The van der Waals surface area contributed by atoms with Crippen LogP contribution in [-0.4, -0.2) is 14.0 Å². The van der Waals surface area contributed by atoms with Crippen molar-refractivity contribution in [2.75, 3.05) is 4.31 Å². The Morgan fingerprint density at radius 2 is 1.74 bits per heavy atom. The number of para-hydroxylation sites is 1. The molecule has 23 heavy (non-hydrogen) atoms. The first kappa shape index (κ1) is 15.8. The summed E-state index contributed by atoms with van der Waals surface area (Å²) < 4.78 is 28.2. The smallest absolute Gasteiger partial charge is 0.256 e. The van der Waals surface area contributed by atoms with Crippen LogP contribution in [0.25, 0.3) is 0 Å². The van der Waals surface area contributed by atoms with Gasteiger partial charge in [0.1, 0.15) is 0 Å². The molecule has 2 aromatic rings. The minimum atomic E-state index is -3.62. The molecule has 0 radical (unpaired) electrons. The molecule has 120 valence electrons. The van der Waals surface area contributed by atoms with Crippen LogP contribution in [0.3, 0.4) is 0 Å². The lowest BCUT2D eigenvalue weighted by Crippen LogP contribution is -2.46. The molecule has 0 amide bonds. The van der Waals surface area contributed by atoms with Crippen LogP contribution in [-0.2, 0) is 16.4 Å². The Labute approximate surface area is 138 Å². The number of sulfonamides is 1. The predicted molar refractivity (Wildman–Crippen MR) is 94.2 cm³/mol. The van der Waals surface area contributed by atoms with Crippen molar-refractivity contribution >= 4 is 15.7 Å². The molecule has 1 atom stereocenters. The molecule has 0 aliphatic carbocycles. The SMILES string of the molecule is C/C=C/C1(C)Cc2ccccc2N1S(=O)(=O)c1ccc(C)cc1. The average Bonchev–Trinajstić information content (AvgIpc) is 2.80. The Bertz CT molecular complexity index is 853. The van der Waals surface area contributed by atoms with Gasteiger partial charge in [-0.15, -0.1) is 0 Å². The van der Waals surface area contributed by atoms with E-state index in [1.807, 2.05) is 69.3 Å².